The number of nitrogens with zero attached hydrogens (tertiary/aromatic N) is 2. The maximum Gasteiger partial charge on any atom is 0.242 e. The van der Waals surface area contributed by atoms with E-state index in [0.29, 0.717) is 11.3 Å². The molecule has 1 aliphatic rings. The quantitative estimate of drug-likeness (QED) is 0.650. The molecule has 3 rings (SSSR count). The van der Waals surface area contributed by atoms with Crippen molar-refractivity contribution in [3.05, 3.63) is 47.5 Å². The normalized spacial score (nSPS) is 16.9. The Morgan fingerprint density at radius 2 is 1.91 bits per heavy atom. The second kappa shape index (κ2) is 9.89. The highest BCUT2D eigenvalue weighted by atomic mass is 32.2. The van der Waals surface area contributed by atoms with Crippen molar-refractivity contribution in [3.63, 3.8) is 0 Å². The van der Waals surface area contributed by atoms with Crippen LogP contribution in [0.1, 0.15) is 30.0 Å². The lowest BCUT2D eigenvalue weighted by atomic mass is 10.0. The molecule has 1 heterocycles. The Kier molecular flexibility index (Phi) is 7.43. The predicted octanol–water partition coefficient (Wildman–Crippen LogP) is 3.04. The number of sulfonamides is 1. The van der Waals surface area contributed by atoms with Gasteiger partial charge in [-0.2, -0.15) is 0 Å². The monoisotopic (exact) mass is 461 g/mol. The molecule has 1 aliphatic heterocycles. The molecule has 0 radical (unpaired) electrons. The number of methoxy groups -OCH3 is 2. The Morgan fingerprint density at radius 1 is 1.16 bits per heavy atom. The van der Waals surface area contributed by atoms with Crippen LogP contribution >= 0.6 is 0 Å². The zero-order valence-corrected chi connectivity index (χ0v) is 20.0. The Morgan fingerprint density at radius 3 is 2.56 bits per heavy atom. The van der Waals surface area contributed by atoms with Crippen molar-refractivity contribution in [2.75, 3.05) is 46.7 Å². The van der Waals surface area contributed by atoms with E-state index < -0.39 is 10.0 Å². The number of carbonyl (C=O) groups is 1. The molecule has 0 saturated carbocycles. The number of rotatable bonds is 8. The standard InChI is InChI=1S/C23H31N3O5S/c1-16-8-9-17(13-22(16)32(28,29)25(2)3)24-23(27)15-26-12-6-7-20(26)19-11-10-18(30-4)14-21(19)31-5/h8-11,13-14,20H,6-7,12,15H2,1-5H3,(H,24,27). The number of anilines is 1. The molecule has 0 aromatic heterocycles. The second-order valence-electron chi connectivity index (χ2n) is 8.05. The fourth-order valence-corrected chi connectivity index (χ4v) is 5.14. The fourth-order valence-electron chi connectivity index (χ4n) is 4.00. The molecule has 0 aliphatic carbocycles. The fraction of sp³-hybridized carbons (Fsp3) is 0.435. The van der Waals surface area contributed by atoms with E-state index in [4.69, 9.17) is 9.47 Å². The number of nitrogens with one attached hydrogen (secondary N) is 1. The molecule has 1 unspecified atom stereocenters. The first kappa shape index (κ1) is 24.0. The number of aryl methyl sites for hydroxylation is 1. The summed E-state index contributed by atoms with van der Waals surface area (Å²) in [5, 5.41) is 2.85. The Hall–Kier alpha value is -2.62. The van der Waals surface area contributed by atoms with Gasteiger partial charge in [-0.3, -0.25) is 9.69 Å². The van der Waals surface area contributed by atoms with E-state index in [-0.39, 0.29) is 23.4 Å². The van der Waals surface area contributed by atoms with Gasteiger partial charge in [-0.1, -0.05) is 12.1 Å². The highest BCUT2D eigenvalue weighted by molar-refractivity contribution is 7.89. The summed E-state index contributed by atoms with van der Waals surface area (Å²) < 4.78 is 37.1. The van der Waals surface area contributed by atoms with E-state index in [1.807, 2.05) is 18.2 Å². The molecular weight excluding hydrogens is 430 g/mol. The van der Waals surface area contributed by atoms with E-state index in [9.17, 15) is 13.2 Å². The van der Waals surface area contributed by atoms with Crippen LogP contribution in [0.5, 0.6) is 11.5 Å². The number of benzene rings is 2. The number of hydrogen-bond acceptors (Lipinski definition) is 6. The van der Waals surface area contributed by atoms with Crippen LogP contribution in [-0.2, 0) is 14.8 Å². The summed E-state index contributed by atoms with van der Waals surface area (Å²) in [5.74, 6) is 1.26. The lowest BCUT2D eigenvalue weighted by Gasteiger charge is -2.26. The van der Waals surface area contributed by atoms with E-state index in [1.165, 1.54) is 20.2 Å². The third-order valence-electron chi connectivity index (χ3n) is 5.74. The van der Waals surface area contributed by atoms with E-state index >= 15 is 0 Å². The van der Waals surface area contributed by atoms with Crippen LogP contribution in [0.3, 0.4) is 0 Å². The van der Waals surface area contributed by atoms with Crippen molar-refractivity contribution < 1.29 is 22.7 Å². The van der Waals surface area contributed by atoms with Crippen molar-refractivity contribution in [2.24, 2.45) is 0 Å². The molecule has 2 aromatic carbocycles. The van der Waals surface area contributed by atoms with Gasteiger partial charge in [0.2, 0.25) is 15.9 Å². The van der Waals surface area contributed by atoms with Crippen LogP contribution in [0, 0.1) is 6.92 Å². The van der Waals surface area contributed by atoms with Gasteiger partial charge >= 0.3 is 0 Å². The molecule has 9 heteroatoms. The maximum absolute atomic E-state index is 12.8. The molecule has 1 fully saturated rings. The smallest absolute Gasteiger partial charge is 0.242 e. The number of likely N-dealkylation sites (tertiary alicyclic amines) is 1. The van der Waals surface area contributed by atoms with Crippen molar-refractivity contribution >= 4 is 21.6 Å². The average molecular weight is 462 g/mol. The van der Waals surface area contributed by atoms with Crippen LogP contribution in [0.4, 0.5) is 5.69 Å². The van der Waals surface area contributed by atoms with Gasteiger partial charge in [0.1, 0.15) is 11.5 Å². The molecular formula is C23H31N3O5S. The summed E-state index contributed by atoms with van der Waals surface area (Å²) in [6.07, 6.45) is 1.90. The number of carbonyl (C=O) groups excluding carboxylic acids is 1. The highest BCUT2D eigenvalue weighted by Crippen LogP contribution is 2.38. The van der Waals surface area contributed by atoms with Crippen molar-refractivity contribution in [3.8, 4) is 11.5 Å². The van der Waals surface area contributed by atoms with Crippen LogP contribution in [-0.4, -0.2) is 64.9 Å². The van der Waals surface area contributed by atoms with Gasteiger partial charge in [-0.15, -0.1) is 0 Å². The largest absolute Gasteiger partial charge is 0.497 e. The summed E-state index contributed by atoms with van der Waals surface area (Å²) in [4.78, 5) is 15.1. The van der Waals surface area contributed by atoms with Gasteiger partial charge in [-0.25, -0.2) is 12.7 Å². The predicted molar refractivity (Wildman–Crippen MR) is 124 cm³/mol. The van der Waals surface area contributed by atoms with Crippen LogP contribution < -0.4 is 14.8 Å². The molecule has 1 saturated heterocycles. The van der Waals surface area contributed by atoms with Gasteiger partial charge in [0.25, 0.3) is 0 Å². The number of amides is 1. The molecule has 1 N–H and O–H groups in total. The summed E-state index contributed by atoms with van der Waals surface area (Å²) in [6.45, 7) is 2.73. The summed E-state index contributed by atoms with van der Waals surface area (Å²) >= 11 is 0. The van der Waals surface area contributed by atoms with Gasteiger partial charge in [0.05, 0.1) is 25.7 Å². The maximum atomic E-state index is 12.8. The van der Waals surface area contributed by atoms with Gasteiger partial charge in [-0.05, 0) is 50.1 Å². The molecule has 8 nitrogen and oxygen atoms in total. The van der Waals surface area contributed by atoms with Crippen LogP contribution in [0.25, 0.3) is 0 Å². The molecule has 1 atom stereocenters. The first-order chi connectivity index (χ1) is 15.2. The Bertz CT molecular complexity index is 1090. The third kappa shape index (κ3) is 5.06. The van der Waals surface area contributed by atoms with Crippen LogP contribution in [0.15, 0.2) is 41.3 Å². The van der Waals surface area contributed by atoms with E-state index in [1.54, 1.807) is 33.3 Å². The summed E-state index contributed by atoms with van der Waals surface area (Å²) in [7, 11) is 2.61. The van der Waals surface area contributed by atoms with Gasteiger partial charge < -0.3 is 14.8 Å². The summed E-state index contributed by atoms with van der Waals surface area (Å²) in [5.41, 5.74) is 2.11. The number of ether oxygens (including phenoxy) is 2. The lowest BCUT2D eigenvalue weighted by molar-refractivity contribution is -0.117. The average Bonchev–Trinajstić information content (AvgIpc) is 3.21. The minimum atomic E-state index is -3.60. The van der Waals surface area contributed by atoms with Gasteiger partial charge in [0, 0.05) is 37.5 Å². The first-order valence-electron chi connectivity index (χ1n) is 10.5. The molecule has 32 heavy (non-hydrogen) atoms. The summed E-state index contributed by atoms with van der Waals surface area (Å²) in [6, 6.07) is 10.7. The SMILES string of the molecule is COc1ccc(C2CCCN2CC(=O)Nc2ccc(C)c(S(=O)(=O)N(C)C)c2)c(OC)c1. The second-order valence-corrected chi connectivity index (χ2v) is 10.2. The van der Waals surface area contributed by atoms with E-state index in [2.05, 4.69) is 10.2 Å². The Labute approximate surface area is 190 Å². The lowest BCUT2D eigenvalue weighted by Crippen LogP contribution is -2.33. The molecule has 174 valence electrons. The highest BCUT2D eigenvalue weighted by Gasteiger charge is 2.30. The zero-order chi connectivity index (χ0) is 23.5. The minimum absolute atomic E-state index is 0.0595. The van der Waals surface area contributed by atoms with Gasteiger partial charge in [0.15, 0.2) is 0 Å². The first-order valence-corrected chi connectivity index (χ1v) is 11.9. The van der Waals surface area contributed by atoms with Crippen molar-refractivity contribution in [1.82, 2.24) is 9.21 Å². The molecule has 2 aromatic rings. The molecule has 0 spiro atoms. The third-order valence-corrected chi connectivity index (χ3v) is 7.70. The van der Waals surface area contributed by atoms with E-state index in [0.717, 1.165) is 40.8 Å². The van der Waals surface area contributed by atoms with Crippen LogP contribution in [0.2, 0.25) is 0 Å². The van der Waals surface area contributed by atoms with Crippen molar-refractivity contribution in [2.45, 2.75) is 30.7 Å². The molecule has 1 amide bonds. The zero-order valence-electron chi connectivity index (χ0n) is 19.2. The van der Waals surface area contributed by atoms with Crippen molar-refractivity contribution in [1.29, 1.82) is 0 Å². The Balaban J connectivity index is 1.75. The minimum Gasteiger partial charge on any atom is -0.497 e. The number of hydrogen-bond donors (Lipinski definition) is 1. The molecule has 0 bridgehead atoms. The topological polar surface area (TPSA) is 88.2 Å².